The molecule has 0 aliphatic heterocycles. The largest absolute Gasteiger partial charge is 0.392 e. The van der Waals surface area contributed by atoms with Gasteiger partial charge in [0.1, 0.15) is 5.69 Å². The van der Waals surface area contributed by atoms with Crippen LogP contribution < -0.4 is 11.1 Å². The van der Waals surface area contributed by atoms with Crippen LogP contribution in [0.4, 0.5) is 11.4 Å². The van der Waals surface area contributed by atoms with E-state index in [1.807, 2.05) is 20.9 Å². The fraction of sp³-hybridized carbons (Fsp3) is 0.462. The van der Waals surface area contributed by atoms with Gasteiger partial charge in [-0.3, -0.25) is 14.9 Å². The summed E-state index contributed by atoms with van der Waals surface area (Å²) in [5.74, 6) is -0.419. The Balaban J connectivity index is 2.77. The van der Waals surface area contributed by atoms with Crippen molar-refractivity contribution in [2.24, 2.45) is 0 Å². The predicted octanol–water partition coefficient (Wildman–Crippen LogP) is 1.90. The second kappa shape index (κ2) is 7.24. The molecule has 0 aliphatic rings. The van der Waals surface area contributed by atoms with Crippen molar-refractivity contribution in [2.45, 2.75) is 19.9 Å². The van der Waals surface area contributed by atoms with Crippen molar-refractivity contribution in [3.05, 3.63) is 32.8 Å². The van der Waals surface area contributed by atoms with E-state index in [1.165, 1.54) is 6.07 Å². The SMILES string of the molecule is CC(C)N(C)CCNC(=O)c1cc(Cl)c(N)c([N+](=O)[O-])c1. The normalized spacial score (nSPS) is 11.0. The van der Waals surface area contributed by atoms with Crippen LogP contribution in [0.2, 0.25) is 5.02 Å². The van der Waals surface area contributed by atoms with Gasteiger partial charge in [-0.1, -0.05) is 11.6 Å². The number of hydrogen-bond acceptors (Lipinski definition) is 5. The van der Waals surface area contributed by atoms with Crippen LogP contribution in [0.5, 0.6) is 0 Å². The molecule has 1 aromatic rings. The van der Waals surface area contributed by atoms with E-state index in [1.54, 1.807) is 0 Å². The highest BCUT2D eigenvalue weighted by Gasteiger charge is 2.19. The molecule has 0 unspecified atom stereocenters. The van der Waals surface area contributed by atoms with Crippen molar-refractivity contribution >= 4 is 28.9 Å². The third-order valence-electron chi connectivity index (χ3n) is 3.20. The van der Waals surface area contributed by atoms with Gasteiger partial charge in [-0.2, -0.15) is 0 Å². The fourth-order valence-corrected chi connectivity index (χ4v) is 1.81. The molecule has 0 radical (unpaired) electrons. The van der Waals surface area contributed by atoms with Crippen molar-refractivity contribution in [3.63, 3.8) is 0 Å². The van der Waals surface area contributed by atoms with Crippen LogP contribution in [0.3, 0.4) is 0 Å². The van der Waals surface area contributed by atoms with Gasteiger partial charge in [-0.15, -0.1) is 0 Å². The number of halogens is 1. The molecule has 21 heavy (non-hydrogen) atoms. The van der Waals surface area contributed by atoms with Gasteiger partial charge in [-0.05, 0) is 27.0 Å². The molecule has 116 valence electrons. The standard InChI is InChI=1S/C13H19ClN4O3/c1-8(2)17(3)5-4-16-13(19)9-6-10(14)12(15)11(7-9)18(20)21/h6-8H,4-5,15H2,1-3H3,(H,16,19). The van der Waals surface area contributed by atoms with E-state index < -0.39 is 10.8 Å². The third kappa shape index (κ3) is 4.57. The van der Waals surface area contributed by atoms with Gasteiger partial charge in [-0.25, -0.2) is 0 Å². The van der Waals surface area contributed by atoms with Crippen LogP contribution in [0.1, 0.15) is 24.2 Å². The zero-order valence-corrected chi connectivity index (χ0v) is 13.0. The van der Waals surface area contributed by atoms with Crippen LogP contribution in [0.25, 0.3) is 0 Å². The Morgan fingerprint density at radius 3 is 2.67 bits per heavy atom. The van der Waals surface area contributed by atoms with Crippen LogP contribution in [-0.2, 0) is 0 Å². The summed E-state index contributed by atoms with van der Waals surface area (Å²) in [4.78, 5) is 24.2. The zero-order chi connectivity index (χ0) is 16.2. The number of nitrogens with one attached hydrogen (secondary N) is 1. The van der Waals surface area contributed by atoms with Crippen LogP contribution >= 0.6 is 11.6 Å². The molecule has 7 nitrogen and oxygen atoms in total. The molecule has 1 aromatic carbocycles. The van der Waals surface area contributed by atoms with Gasteiger partial charge < -0.3 is 16.0 Å². The minimum atomic E-state index is -0.662. The first-order valence-electron chi connectivity index (χ1n) is 6.46. The molecule has 0 aromatic heterocycles. The fourth-order valence-electron chi connectivity index (χ4n) is 1.59. The van der Waals surface area contributed by atoms with Gasteiger partial charge in [0.15, 0.2) is 0 Å². The lowest BCUT2D eigenvalue weighted by molar-refractivity contribution is -0.383. The number of nitrogen functional groups attached to an aromatic ring is 1. The smallest absolute Gasteiger partial charge is 0.294 e. The average molecular weight is 315 g/mol. The maximum absolute atomic E-state index is 12.0. The molecule has 0 saturated heterocycles. The first kappa shape index (κ1) is 17.2. The highest BCUT2D eigenvalue weighted by Crippen LogP contribution is 2.30. The second-order valence-electron chi connectivity index (χ2n) is 4.98. The van der Waals surface area contributed by atoms with Crippen molar-refractivity contribution in [3.8, 4) is 0 Å². The number of amides is 1. The lowest BCUT2D eigenvalue weighted by Crippen LogP contribution is -2.36. The van der Waals surface area contributed by atoms with Crippen molar-refractivity contribution < 1.29 is 9.72 Å². The van der Waals surface area contributed by atoms with E-state index >= 15 is 0 Å². The summed E-state index contributed by atoms with van der Waals surface area (Å²) in [6.07, 6.45) is 0. The molecule has 0 aliphatic carbocycles. The Hall–Kier alpha value is -1.86. The van der Waals surface area contributed by atoms with Crippen molar-refractivity contribution in [1.29, 1.82) is 0 Å². The molecular weight excluding hydrogens is 296 g/mol. The predicted molar refractivity (Wildman–Crippen MR) is 82.6 cm³/mol. The van der Waals surface area contributed by atoms with Gasteiger partial charge in [0, 0.05) is 30.8 Å². The number of nitrogens with two attached hydrogens (primary N) is 1. The van der Waals surface area contributed by atoms with E-state index in [4.69, 9.17) is 17.3 Å². The van der Waals surface area contributed by atoms with Gasteiger partial charge in [0.2, 0.25) is 0 Å². The summed E-state index contributed by atoms with van der Waals surface area (Å²) in [6.45, 7) is 5.20. The lowest BCUT2D eigenvalue weighted by Gasteiger charge is -2.20. The molecule has 1 amide bonds. The summed E-state index contributed by atoms with van der Waals surface area (Å²) in [5, 5.41) is 13.5. The molecule has 0 bridgehead atoms. The van der Waals surface area contributed by atoms with E-state index in [-0.39, 0.29) is 22.0 Å². The van der Waals surface area contributed by atoms with Crippen LogP contribution in [0, 0.1) is 10.1 Å². The number of carbonyl (C=O) groups excluding carboxylic acids is 1. The third-order valence-corrected chi connectivity index (χ3v) is 3.51. The average Bonchev–Trinajstić information content (AvgIpc) is 2.40. The highest BCUT2D eigenvalue weighted by atomic mass is 35.5. The number of nitro groups is 1. The first-order valence-corrected chi connectivity index (χ1v) is 6.83. The maximum atomic E-state index is 12.0. The first-order chi connectivity index (χ1) is 9.73. The molecule has 0 saturated carbocycles. The zero-order valence-electron chi connectivity index (χ0n) is 12.2. The summed E-state index contributed by atoms with van der Waals surface area (Å²) < 4.78 is 0. The van der Waals surface area contributed by atoms with Crippen LogP contribution in [0.15, 0.2) is 12.1 Å². The minimum Gasteiger partial charge on any atom is -0.392 e. The Bertz CT molecular complexity index is 548. The molecule has 0 spiro atoms. The second-order valence-corrected chi connectivity index (χ2v) is 5.39. The lowest BCUT2D eigenvalue weighted by atomic mass is 10.1. The van der Waals surface area contributed by atoms with E-state index in [9.17, 15) is 14.9 Å². The Kier molecular flexibility index (Phi) is 5.92. The molecule has 8 heteroatoms. The number of nitrogens with zero attached hydrogens (tertiary/aromatic N) is 2. The summed E-state index contributed by atoms with van der Waals surface area (Å²) in [5.41, 5.74) is 5.12. The Labute approximate surface area is 128 Å². The number of carbonyl (C=O) groups is 1. The molecule has 1 rings (SSSR count). The summed E-state index contributed by atoms with van der Waals surface area (Å²) in [7, 11) is 1.95. The molecule has 0 atom stereocenters. The molecule has 3 N–H and O–H groups in total. The molecular formula is C13H19ClN4O3. The number of hydrogen-bond donors (Lipinski definition) is 2. The van der Waals surface area contributed by atoms with Crippen molar-refractivity contribution in [2.75, 3.05) is 25.9 Å². The monoisotopic (exact) mass is 314 g/mol. The summed E-state index contributed by atoms with van der Waals surface area (Å²) in [6, 6.07) is 2.82. The minimum absolute atomic E-state index is 0.00588. The number of anilines is 1. The Morgan fingerprint density at radius 1 is 1.52 bits per heavy atom. The van der Waals surface area contributed by atoms with Gasteiger partial charge >= 0.3 is 0 Å². The number of nitro benzene ring substituents is 1. The topological polar surface area (TPSA) is 102 Å². The quantitative estimate of drug-likeness (QED) is 0.474. The number of benzene rings is 1. The van der Waals surface area contributed by atoms with E-state index in [0.29, 0.717) is 19.1 Å². The molecule has 0 heterocycles. The highest BCUT2D eigenvalue weighted by molar-refractivity contribution is 6.34. The number of likely N-dealkylation sites (N-methyl/N-ethyl adjacent to an activating group) is 1. The van der Waals surface area contributed by atoms with Crippen molar-refractivity contribution in [1.82, 2.24) is 10.2 Å². The van der Waals surface area contributed by atoms with E-state index in [0.717, 1.165) is 6.07 Å². The van der Waals surface area contributed by atoms with Gasteiger partial charge in [0.25, 0.3) is 11.6 Å². The van der Waals surface area contributed by atoms with E-state index in [2.05, 4.69) is 10.2 Å². The Morgan fingerprint density at radius 2 is 2.14 bits per heavy atom. The number of rotatable bonds is 6. The van der Waals surface area contributed by atoms with Gasteiger partial charge in [0.05, 0.1) is 9.95 Å². The summed E-state index contributed by atoms with van der Waals surface area (Å²) >= 11 is 5.82. The maximum Gasteiger partial charge on any atom is 0.294 e. The van der Waals surface area contributed by atoms with Crippen LogP contribution in [-0.4, -0.2) is 41.9 Å². The molecule has 0 fully saturated rings.